The van der Waals surface area contributed by atoms with E-state index in [4.69, 9.17) is 9.47 Å². The van der Waals surface area contributed by atoms with Gasteiger partial charge in [-0.15, -0.1) is 11.3 Å². The highest BCUT2D eigenvalue weighted by molar-refractivity contribution is 9.10. The summed E-state index contributed by atoms with van der Waals surface area (Å²) in [6.45, 7) is 11.0. The molecular formula is C32H38BrN3O6S. The molecule has 1 saturated heterocycles. The normalized spacial score (nSPS) is 13.9. The van der Waals surface area contributed by atoms with E-state index in [9.17, 15) is 19.5 Å². The van der Waals surface area contributed by atoms with Crippen LogP contribution in [0.2, 0.25) is 0 Å². The first-order chi connectivity index (χ1) is 20.3. The number of halogens is 1. The van der Waals surface area contributed by atoms with Crippen LogP contribution in [0.4, 0.5) is 16.2 Å². The van der Waals surface area contributed by atoms with Crippen LogP contribution >= 0.6 is 27.3 Å². The number of hydrogen-bond donors (Lipinski definition) is 3. The lowest BCUT2D eigenvalue weighted by atomic mass is 9.97. The molecule has 1 aliphatic heterocycles. The zero-order valence-electron chi connectivity index (χ0n) is 25.1. The third-order valence-corrected chi connectivity index (χ3v) is 9.32. The second kappa shape index (κ2) is 13.8. The van der Waals surface area contributed by atoms with Gasteiger partial charge in [-0.1, -0.05) is 30.3 Å². The number of hydrogen-bond acceptors (Lipinski definition) is 7. The van der Waals surface area contributed by atoms with E-state index in [1.807, 2.05) is 61.2 Å². The summed E-state index contributed by atoms with van der Waals surface area (Å²) in [7, 11) is 0. The number of carbonyl (C=O) groups excluding carboxylic acids is 2. The molecule has 4 rings (SSSR count). The van der Waals surface area contributed by atoms with Crippen LogP contribution in [0.3, 0.4) is 0 Å². The van der Waals surface area contributed by atoms with E-state index in [0.717, 1.165) is 58.8 Å². The summed E-state index contributed by atoms with van der Waals surface area (Å²) in [5.41, 5.74) is 4.02. The molecule has 1 aromatic heterocycles. The van der Waals surface area contributed by atoms with Crippen molar-refractivity contribution in [1.29, 1.82) is 0 Å². The number of carboxylic acids is 1. The summed E-state index contributed by atoms with van der Waals surface area (Å²) in [5, 5.41) is 16.4. The molecule has 1 aliphatic rings. The lowest BCUT2D eigenvalue weighted by Gasteiger charge is -2.32. The van der Waals surface area contributed by atoms with Gasteiger partial charge in [0.1, 0.15) is 5.60 Å². The van der Waals surface area contributed by atoms with Crippen LogP contribution in [0, 0.1) is 19.8 Å². The number of benzene rings is 2. The van der Waals surface area contributed by atoms with Gasteiger partial charge in [0.25, 0.3) is 0 Å². The lowest BCUT2D eigenvalue weighted by molar-refractivity contribution is -0.157. The summed E-state index contributed by atoms with van der Waals surface area (Å²) >= 11 is 4.58. The van der Waals surface area contributed by atoms with Crippen molar-refractivity contribution in [2.24, 2.45) is 5.92 Å². The Morgan fingerprint density at radius 1 is 1.07 bits per heavy atom. The minimum atomic E-state index is -1.14. The van der Waals surface area contributed by atoms with Gasteiger partial charge in [0.05, 0.1) is 9.35 Å². The Morgan fingerprint density at radius 3 is 2.35 bits per heavy atom. The summed E-state index contributed by atoms with van der Waals surface area (Å²) < 4.78 is 11.4. The van der Waals surface area contributed by atoms with E-state index in [1.54, 1.807) is 20.8 Å². The third kappa shape index (κ3) is 8.51. The maximum absolute atomic E-state index is 12.9. The maximum Gasteiger partial charge on any atom is 0.349 e. The number of nitrogens with one attached hydrogen (secondary N) is 2. The number of thiophene rings is 1. The van der Waals surface area contributed by atoms with E-state index in [-0.39, 0.29) is 16.7 Å². The van der Waals surface area contributed by atoms with Gasteiger partial charge in [-0.05, 0) is 98.1 Å². The molecule has 0 radical (unpaired) electrons. The van der Waals surface area contributed by atoms with Crippen molar-refractivity contribution in [2.75, 3.05) is 36.9 Å². The molecule has 1 fully saturated rings. The maximum atomic E-state index is 12.9. The monoisotopic (exact) mass is 671 g/mol. The molecule has 9 nitrogen and oxygen atoms in total. The highest BCUT2D eigenvalue weighted by Crippen LogP contribution is 2.46. The average Bonchev–Trinajstić information content (AvgIpc) is 3.28. The molecule has 0 unspecified atom stereocenters. The molecule has 43 heavy (non-hydrogen) atoms. The number of urea groups is 1. The predicted molar refractivity (Wildman–Crippen MR) is 173 cm³/mol. The molecule has 0 atom stereocenters. The minimum Gasteiger partial charge on any atom is -0.479 e. The Hall–Kier alpha value is -3.57. The summed E-state index contributed by atoms with van der Waals surface area (Å²) in [4.78, 5) is 39.6. The number of ether oxygens (including phenoxy) is 2. The first-order valence-corrected chi connectivity index (χ1v) is 15.8. The smallest absolute Gasteiger partial charge is 0.349 e. The highest BCUT2D eigenvalue weighted by atomic mass is 79.9. The quantitative estimate of drug-likeness (QED) is 0.201. The van der Waals surface area contributed by atoms with Gasteiger partial charge < -0.3 is 30.1 Å². The Kier molecular flexibility index (Phi) is 10.4. The van der Waals surface area contributed by atoms with Gasteiger partial charge in [-0.25, -0.2) is 14.4 Å². The molecule has 230 valence electrons. The fourth-order valence-corrected chi connectivity index (χ4v) is 6.81. The zero-order valence-corrected chi connectivity index (χ0v) is 27.5. The minimum absolute atomic E-state index is 0.00261. The Morgan fingerprint density at radius 2 is 1.72 bits per heavy atom. The number of aryl methyl sites for hydroxylation is 2. The number of likely N-dealkylation sites (tertiary alicyclic amines) is 1. The van der Waals surface area contributed by atoms with Gasteiger partial charge in [0, 0.05) is 31.0 Å². The third-order valence-electron chi connectivity index (χ3n) is 7.09. The summed E-state index contributed by atoms with van der Waals surface area (Å²) in [6, 6.07) is 13.7. The molecule has 3 aromatic rings. The van der Waals surface area contributed by atoms with Gasteiger partial charge >= 0.3 is 18.0 Å². The first kappa shape index (κ1) is 32.3. The summed E-state index contributed by atoms with van der Waals surface area (Å²) in [6.07, 6.45) is 1.79. The molecule has 2 amide bonds. The van der Waals surface area contributed by atoms with E-state index < -0.39 is 24.1 Å². The van der Waals surface area contributed by atoms with Crippen molar-refractivity contribution in [3.8, 4) is 16.2 Å². The van der Waals surface area contributed by atoms with Crippen LogP contribution in [0.15, 0.2) is 46.9 Å². The molecule has 0 bridgehead atoms. The van der Waals surface area contributed by atoms with E-state index in [0.29, 0.717) is 28.4 Å². The predicted octanol–water partition coefficient (Wildman–Crippen LogP) is 7.57. The topological polar surface area (TPSA) is 117 Å². The SMILES string of the molecule is Cc1cccc(C)c1NC(=O)N1CCC(CNc2cccc(-c3sc(C(=O)O)c(OCC(=O)OC(C)(C)C)c3Br)c2)CC1. The van der Waals surface area contributed by atoms with Gasteiger partial charge in [-0.3, -0.25) is 0 Å². The number of para-hydroxylation sites is 1. The van der Waals surface area contributed by atoms with Crippen molar-refractivity contribution in [3.05, 3.63) is 62.9 Å². The van der Waals surface area contributed by atoms with Gasteiger partial charge in [0.15, 0.2) is 17.2 Å². The van der Waals surface area contributed by atoms with Crippen LogP contribution in [0.25, 0.3) is 10.4 Å². The number of rotatable bonds is 9. The van der Waals surface area contributed by atoms with E-state index in [1.165, 1.54) is 0 Å². The van der Waals surface area contributed by atoms with Gasteiger partial charge in [-0.2, -0.15) is 0 Å². The van der Waals surface area contributed by atoms with Gasteiger partial charge in [0.2, 0.25) is 0 Å². The second-order valence-electron chi connectivity index (χ2n) is 11.7. The number of nitrogens with zero attached hydrogens (tertiary/aromatic N) is 1. The average molecular weight is 673 g/mol. The number of amides is 2. The van der Waals surface area contributed by atoms with Crippen molar-refractivity contribution in [1.82, 2.24) is 4.90 Å². The molecule has 2 heterocycles. The van der Waals surface area contributed by atoms with E-state index in [2.05, 4.69) is 26.6 Å². The fraction of sp³-hybridized carbons (Fsp3) is 0.406. The van der Waals surface area contributed by atoms with Crippen LogP contribution in [-0.4, -0.2) is 59.8 Å². The van der Waals surface area contributed by atoms with Crippen molar-refractivity contribution < 1.29 is 29.0 Å². The number of anilines is 2. The largest absolute Gasteiger partial charge is 0.479 e. The molecule has 0 aliphatic carbocycles. The van der Waals surface area contributed by atoms with Crippen molar-refractivity contribution in [2.45, 2.75) is 53.1 Å². The molecule has 3 N–H and O–H groups in total. The molecule has 0 spiro atoms. The Balaban J connectivity index is 1.35. The highest BCUT2D eigenvalue weighted by Gasteiger charge is 2.26. The number of carboxylic acid groups (broad SMARTS) is 1. The van der Waals surface area contributed by atoms with Crippen molar-refractivity contribution >= 4 is 56.6 Å². The van der Waals surface area contributed by atoms with Crippen LogP contribution in [-0.2, 0) is 9.53 Å². The van der Waals surface area contributed by atoms with Crippen LogP contribution < -0.4 is 15.4 Å². The standard InChI is InChI=1S/C32H38BrN3O6S/c1-19-8-6-9-20(2)26(19)35-31(40)36-14-12-21(13-15-36)17-34-23-11-7-10-22(16-23)28-25(33)27(29(43-28)30(38)39)41-18-24(37)42-32(3,4)5/h6-11,16,21,34H,12-15,17-18H2,1-5H3,(H,35,40)(H,38,39). The van der Waals surface area contributed by atoms with Crippen molar-refractivity contribution in [3.63, 3.8) is 0 Å². The second-order valence-corrected chi connectivity index (χ2v) is 13.5. The zero-order chi connectivity index (χ0) is 31.3. The number of esters is 1. The Labute approximate surface area is 264 Å². The fourth-order valence-electron chi connectivity index (χ4n) is 4.92. The molecule has 0 saturated carbocycles. The molecule has 11 heteroatoms. The van der Waals surface area contributed by atoms with Crippen LogP contribution in [0.1, 0.15) is 54.4 Å². The summed E-state index contributed by atoms with van der Waals surface area (Å²) in [5.74, 6) is -1.21. The number of aromatic carboxylic acids is 1. The van der Waals surface area contributed by atoms with E-state index >= 15 is 0 Å². The first-order valence-electron chi connectivity index (χ1n) is 14.2. The lowest BCUT2D eigenvalue weighted by Crippen LogP contribution is -2.42. The molecular weight excluding hydrogens is 634 g/mol. The molecule has 2 aromatic carbocycles. The number of piperidine rings is 1. The van der Waals surface area contributed by atoms with Crippen LogP contribution in [0.5, 0.6) is 5.75 Å². The Bertz CT molecular complexity index is 1470. The number of carbonyl (C=O) groups is 3.